The number of rotatable bonds is 3. The fourth-order valence-corrected chi connectivity index (χ4v) is 14.5. The van der Waals surface area contributed by atoms with Crippen LogP contribution in [0.15, 0.2) is 0 Å². The summed E-state index contributed by atoms with van der Waals surface area (Å²) in [6.07, 6.45) is 0. The molecule has 0 N–H and O–H groups in total. The van der Waals surface area contributed by atoms with Crippen molar-refractivity contribution in [3.8, 4) is 0 Å². The normalized spacial score (nSPS) is 15.2. The van der Waals surface area contributed by atoms with Gasteiger partial charge in [0.25, 0.3) is 0 Å². The molecular formula is C9H27N2Si2+. The fraction of sp³-hybridized carbons (Fsp3) is 1.00. The minimum atomic E-state index is -1.19. The SMILES string of the molecule is C[N+](C)(C)N([Si](C)(C)C)[Si](C)(C)C. The van der Waals surface area contributed by atoms with Crippen molar-refractivity contribution in [2.75, 3.05) is 21.1 Å². The van der Waals surface area contributed by atoms with Crippen LogP contribution in [0.5, 0.6) is 0 Å². The zero-order valence-corrected chi connectivity index (χ0v) is 12.9. The highest BCUT2D eigenvalue weighted by molar-refractivity contribution is 6.88. The topological polar surface area (TPSA) is 3.24 Å². The quantitative estimate of drug-likeness (QED) is 0.401. The van der Waals surface area contributed by atoms with Gasteiger partial charge in [-0.05, 0) is 0 Å². The summed E-state index contributed by atoms with van der Waals surface area (Å²) in [5, 5.41) is 0. The van der Waals surface area contributed by atoms with E-state index in [1.165, 1.54) is 0 Å². The van der Waals surface area contributed by atoms with Crippen LogP contribution >= 0.6 is 0 Å². The molecule has 4 heteroatoms. The summed E-state index contributed by atoms with van der Waals surface area (Å²) < 4.78 is 3.77. The van der Waals surface area contributed by atoms with Crippen LogP contribution < -0.4 is 0 Å². The lowest BCUT2D eigenvalue weighted by Gasteiger charge is -2.51. The first kappa shape index (κ1) is 13.4. The summed E-state index contributed by atoms with van der Waals surface area (Å²) in [5.74, 6) is 0. The molecule has 0 rings (SSSR count). The molecular weight excluding hydrogens is 192 g/mol. The molecule has 0 aromatic heterocycles. The third-order valence-corrected chi connectivity index (χ3v) is 9.64. The van der Waals surface area contributed by atoms with Crippen LogP contribution in [-0.2, 0) is 0 Å². The van der Waals surface area contributed by atoms with Crippen LogP contribution in [0.4, 0.5) is 0 Å². The zero-order chi connectivity index (χ0) is 11.1. The number of quaternary nitrogens is 1. The van der Waals surface area contributed by atoms with E-state index in [1.54, 1.807) is 0 Å². The van der Waals surface area contributed by atoms with Crippen molar-refractivity contribution in [3.05, 3.63) is 0 Å². The highest BCUT2D eigenvalue weighted by atomic mass is 28.4. The molecule has 0 aliphatic rings. The summed E-state index contributed by atoms with van der Waals surface area (Å²) in [6, 6.07) is 0. The largest absolute Gasteiger partial charge is 0.265 e. The first-order valence-electron chi connectivity index (χ1n) is 4.99. The van der Waals surface area contributed by atoms with E-state index in [0.717, 1.165) is 4.59 Å². The van der Waals surface area contributed by atoms with Crippen LogP contribution in [0, 0.1) is 0 Å². The van der Waals surface area contributed by atoms with Crippen molar-refractivity contribution in [1.29, 1.82) is 0 Å². The van der Waals surface area contributed by atoms with Gasteiger partial charge in [0.05, 0.1) is 21.1 Å². The molecule has 0 bridgehead atoms. The highest BCUT2D eigenvalue weighted by Gasteiger charge is 2.43. The van der Waals surface area contributed by atoms with Gasteiger partial charge in [-0.25, -0.2) is 4.34 Å². The molecule has 0 radical (unpaired) electrons. The van der Waals surface area contributed by atoms with E-state index in [-0.39, 0.29) is 0 Å². The number of nitrogens with zero attached hydrogens (tertiary/aromatic N) is 2. The van der Waals surface area contributed by atoms with Crippen LogP contribution in [0.2, 0.25) is 39.3 Å². The van der Waals surface area contributed by atoms with Gasteiger partial charge in [0.1, 0.15) is 0 Å². The van der Waals surface area contributed by atoms with E-state index < -0.39 is 16.5 Å². The van der Waals surface area contributed by atoms with Crippen LogP contribution in [0.1, 0.15) is 0 Å². The Labute approximate surface area is 86.3 Å². The monoisotopic (exact) mass is 219 g/mol. The summed E-state index contributed by atoms with van der Waals surface area (Å²) in [6.45, 7) is 14.6. The van der Waals surface area contributed by atoms with Crippen molar-refractivity contribution in [3.63, 3.8) is 0 Å². The van der Waals surface area contributed by atoms with Crippen molar-refractivity contribution < 1.29 is 4.59 Å². The molecule has 80 valence electrons. The lowest BCUT2D eigenvalue weighted by atomic mass is 10.9. The number of hydrogen-bond acceptors (Lipinski definition) is 1. The second-order valence-corrected chi connectivity index (χ2v) is 16.6. The molecule has 0 spiro atoms. The van der Waals surface area contributed by atoms with E-state index >= 15 is 0 Å². The molecule has 0 atom stereocenters. The minimum Gasteiger partial charge on any atom is -0.265 e. The maximum atomic E-state index is 2.78. The molecule has 0 unspecified atom stereocenters. The van der Waals surface area contributed by atoms with E-state index in [0.29, 0.717) is 0 Å². The molecule has 0 aromatic rings. The van der Waals surface area contributed by atoms with E-state index in [1.807, 2.05) is 0 Å². The Hall–Kier alpha value is 0.354. The predicted octanol–water partition coefficient (Wildman–Crippen LogP) is 2.58. The summed E-state index contributed by atoms with van der Waals surface area (Å²) in [5.41, 5.74) is 0. The molecule has 0 aliphatic carbocycles. The van der Waals surface area contributed by atoms with E-state index in [4.69, 9.17) is 0 Å². The van der Waals surface area contributed by atoms with Gasteiger partial charge in [0, 0.05) is 0 Å². The van der Waals surface area contributed by atoms with Gasteiger partial charge >= 0.3 is 0 Å². The smallest absolute Gasteiger partial charge is 0.172 e. The summed E-state index contributed by atoms with van der Waals surface area (Å²) in [7, 11) is 4.48. The molecule has 0 aromatic carbocycles. The Bertz CT molecular complexity index is 138. The molecule has 0 fully saturated rings. The zero-order valence-electron chi connectivity index (χ0n) is 10.9. The minimum absolute atomic E-state index is 0.992. The summed E-state index contributed by atoms with van der Waals surface area (Å²) >= 11 is 0. The highest BCUT2D eigenvalue weighted by Crippen LogP contribution is 2.23. The van der Waals surface area contributed by atoms with Crippen LogP contribution in [0.3, 0.4) is 0 Å². The summed E-state index contributed by atoms with van der Waals surface area (Å²) in [4.78, 5) is 0. The van der Waals surface area contributed by atoms with Gasteiger partial charge in [-0.2, -0.15) is 0 Å². The first-order chi connectivity index (χ1) is 5.37. The second kappa shape index (κ2) is 3.49. The van der Waals surface area contributed by atoms with E-state index in [9.17, 15) is 0 Å². The van der Waals surface area contributed by atoms with Gasteiger partial charge < -0.3 is 0 Å². The van der Waals surface area contributed by atoms with Crippen LogP contribution in [-0.4, -0.2) is 46.5 Å². The Morgan fingerprint density at radius 3 is 0.923 bits per heavy atom. The van der Waals surface area contributed by atoms with Gasteiger partial charge in [0.15, 0.2) is 16.5 Å². The Kier molecular flexibility index (Phi) is 3.59. The lowest BCUT2D eigenvalue weighted by Crippen LogP contribution is -2.71. The van der Waals surface area contributed by atoms with Crippen molar-refractivity contribution in [2.45, 2.75) is 39.3 Å². The standard InChI is InChI=1S/C9H27N2Si2/c1-11(2,3)10(12(4,5)6)13(7,8)9/h1-9H3/q+1. The van der Waals surface area contributed by atoms with Gasteiger partial charge in [-0.15, -0.1) is 0 Å². The third-order valence-electron chi connectivity index (χ3n) is 1.87. The molecule has 0 amide bonds. The molecule has 2 nitrogen and oxygen atoms in total. The Balaban J connectivity index is 5.02. The molecule has 0 saturated heterocycles. The van der Waals surface area contributed by atoms with E-state index in [2.05, 4.69) is 64.8 Å². The molecule has 0 saturated carbocycles. The molecule has 13 heavy (non-hydrogen) atoms. The van der Waals surface area contributed by atoms with Crippen molar-refractivity contribution in [2.24, 2.45) is 0 Å². The van der Waals surface area contributed by atoms with Crippen LogP contribution in [0.25, 0.3) is 0 Å². The predicted molar refractivity (Wildman–Crippen MR) is 66.6 cm³/mol. The lowest BCUT2D eigenvalue weighted by molar-refractivity contribution is -0.955. The molecule has 0 aliphatic heterocycles. The third kappa shape index (κ3) is 3.93. The van der Waals surface area contributed by atoms with Gasteiger partial charge in [-0.1, -0.05) is 39.3 Å². The average molecular weight is 220 g/mol. The maximum Gasteiger partial charge on any atom is 0.172 e. The molecule has 0 heterocycles. The maximum absolute atomic E-state index is 2.78. The average Bonchev–Trinajstić information content (AvgIpc) is 1.44. The van der Waals surface area contributed by atoms with Crippen molar-refractivity contribution >= 4 is 16.5 Å². The Morgan fingerprint density at radius 1 is 0.692 bits per heavy atom. The Morgan fingerprint density at radius 2 is 0.923 bits per heavy atom. The van der Waals surface area contributed by atoms with Gasteiger partial charge in [0.2, 0.25) is 0 Å². The van der Waals surface area contributed by atoms with Gasteiger partial charge in [-0.3, -0.25) is 4.59 Å². The van der Waals surface area contributed by atoms with Crippen molar-refractivity contribution in [1.82, 2.24) is 4.34 Å². The first-order valence-corrected chi connectivity index (χ1v) is 11.9. The second-order valence-electron chi connectivity index (χ2n) is 6.60. The fourth-order valence-electron chi connectivity index (χ4n) is 2.81. The number of hydrogen-bond donors (Lipinski definition) is 0.